The number of carbonyl (C=O) groups excluding carboxylic acids is 1. The Labute approximate surface area is 60.0 Å². The maximum atomic E-state index is 12.6. The minimum absolute atomic E-state index is 0.0117. The SMILES string of the molecule is CC(=O)N1CCC[C@H](F)C1. The molecule has 0 bridgehead atoms. The predicted octanol–water partition coefficient (Wildman–Crippen LogP) is 0.967. The molecule has 1 aliphatic heterocycles. The van der Waals surface area contributed by atoms with Gasteiger partial charge in [0.1, 0.15) is 6.17 Å². The number of rotatable bonds is 0. The molecule has 1 fully saturated rings. The molecule has 10 heavy (non-hydrogen) atoms. The molecule has 3 heteroatoms. The van der Waals surface area contributed by atoms with Crippen LogP contribution in [0.3, 0.4) is 0 Å². The highest BCUT2D eigenvalue weighted by molar-refractivity contribution is 5.73. The zero-order chi connectivity index (χ0) is 7.56. The molecule has 0 aromatic heterocycles. The highest BCUT2D eigenvalue weighted by atomic mass is 19.1. The Morgan fingerprint density at radius 3 is 2.80 bits per heavy atom. The molecule has 0 radical (unpaired) electrons. The van der Waals surface area contributed by atoms with Crippen molar-refractivity contribution < 1.29 is 9.18 Å². The Balaban J connectivity index is 2.39. The van der Waals surface area contributed by atoms with Gasteiger partial charge in [-0.1, -0.05) is 0 Å². The summed E-state index contributed by atoms with van der Waals surface area (Å²) in [4.78, 5) is 12.3. The zero-order valence-electron chi connectivity index (χ0n) is 6.14. The van der Waals surface area contributed by atoms with Crippen LogP contribution in [0.5, 0.6) is 0 Å². The highest BCUT2D eigenvalue weighted by Crippen LogP contribution is 2.12. The van der Waals surface area contributed by atoms with E-state index in [0.717, 1.165) is 13.0 Å². The maximum absolute atomic E-state index is 12.6. The van der Waals surface area contributed by atoms with E-state index >= 15 is 0 Å². The molecule has 58 valence electrons. The van der Waals surface area contributed by atoms with Crippen molar-refractivity contribution in [3.63, 3.8) is 0 Å². The molecule has 0 spiro atoms. The van der Waals surface area contributed by atoms with E-state index in [9.17, 15) is 9.18 Å². The van der Waals surface area contributed by atoms with Gasteiger partial charge in [0, 0.05) is 13.5 Å². The van der Waals surface area contributed by atoms with E-state index in [1.807, 2.05) is 0 Å². The number of alkyl halides is 1. The summed E-state index contributed by atoms with van der Waals surface area (Å²) in [7, 11) is 0. The first-order valence-corrected chi connectivity index (χ1v) is 3.59. The Morgan fingerprint density at radius 1 is 1.70 bits per heavy atom. The lowest BCUT2D eigenvalue weighted by atomic mass is 10.1. The van der Waals surface area contributed by atoms with E-state index < -0.39 is 6.17 Å². The second-order valence-corrected chi connectivity index (χ2v) is 2.70. The van der Waals surface area contributed by atoms with Crippen molar-refractivity contribution in [3.05, 3.63) is 0 Å². The van der Waals surface area contributed by atoms with E-state index in [1.54, 1.807) is 4.90 Å². The summed E-state index contributed by atoms with van der Waals surface area (Å²) in [5.74, 6) is -0.0117. The molecule has 0 saturated carbocycles. The standard InChI is InChI=1S/C7H12FNO/c1-6(10)9-4-2-3-7(8)5-9/h7H,2-5H2,1H3/t7-/m0/s1. The molecule has 1 saturated heterocycles. The topological polar surface area (TPSA) is 20.3 Å². The summed E-state index contributed by atoms with van der Waals surface area (Å²) in [5.41, 5.74) is 0. The molecule has 2 nitrogen and oxygen atoms in total. The van der Waals surface area contributed by atoms with Crippen LogP contribution >= 0.6 is 0 Å². The number of nitrogens with zero attached hydrogens (tertiary/aromatic N) is 1. The molecule has 1 aliphatic rings. The van der Waals surface area contributed by atoms with Gasteiger partial charge in [-0.25, -0.2) is 4.39 Å². The first-order chi connectivity index (χ1) is 4.70. The molecule has 0 unspecified atom stereocenters. The van der Waals surface area contributed by atoms with E-state index in [-0.39, 0.29) is 5.91 Å². The van der Waals surface area contributed by atoms with Crippen molar-refractivity contribution in [1.29, 1.82) is 0 Å². The average Bonchev–Trinajstić information content (AvgIpc) is 1.88. The van der Waals surface area contributed by atoms with Gasteiger partial charge in [0.25, 0.3) is 0 Å². The van der Waals surface area contributed by atoms with E-state index in [2.05, 4.69) is 0 Å². The van der Waals surface area contributed by atoms with Crippen molar-refractivity contribution in [2.45, 2.75) is 25.9 Å². The van der Waals surface area contributed by atoms with Crippen molar-refractivity contribution in [3.8, 4) is 0 Å². The van der Waals surface area contributed by atoms with Crippen LogP contribution in [-0.2, 0) is 4.79 Å². The van der Waals surface area contributed by atoms with Crippen LogP contribution in [0.2, 0.25) is 0 Å². The number of hydrogen-bond donors (Lipinski definition) is 0. The highest BCUT2D eigenvalue weighted by Gasteiger charge is 2.20. The second kappa shape index (κ2) is 2.99. The fourth-order valence-corrected chi connectivity index (χ4v) is 1.21. The van der Waals surface area contributed by atoms with Crippen molar-refractivity contribution in [1.82, 2.24) is 4.90 Å². The average molecular weight is 145 g/mol. The Morgan fingerprint density at radius 2 is 2.40 bits per heavy atom. The summed E-state index contributed by atoms with van der Waals surface area (Å²) in [5, 5.41) is 0. The Kier molecular flexibility index (Phi) is 2.25. The quantitative estimate of drug-likeness (QED) is 0.497. The van der Waals surface area contributed by atoms with Crippen LogP contribution in [0.15, 0.2) is 0 Å². The normalized spacial score (nSPS) is 26.6. The summed E-state index contributed by atoms with van der Waals surface area (Å²) < 4.78 is 12.6. The van der Waals surface area contributed by atoms with Crippen LogP contribution in [0.1, 0.15) is 19.8 Å². The predicted molar refractivity (Wildman–Crippen MR) is 36.4 cm³/mol. The third kappa shape index (κ3) is 1.69. The van der Waals surface area contributed by atoms with Gasteiger partial charge in [0.15, 0.2) is 0 Å². The third-order valence-corrected chi connectivity index (χ3v) is 1.81. The Bertz CT molecular complexity index is 138. The lowest BCUT2D eigenvalue weighted by Gasteiger charge is -2.27. The minimum Gasteiger partial charge on any atom is -0.340 e. The maximum Gasteiger partial charge on any atom is 0.219 e. The first kappa shape index (κ1) is 7.51. The van der Waals surface area contributed by atoms with Crippen LogP contribution in [-0.4, -0.2) is 30.1 Å². The molecule has 0 aliphatic carbocycles. The summed E-state index contributed by atoms with van der Waals surface area (Å²) >= 11 is 0. The largest absolute Gasteiger partial charge is 0.340 e. The van der Waals surface area contributed by atoms with E-state index in [0.29, 0.717) is 13.0 Å². The second-order valence-electron chi connectivity index (χ2n) is 2.70. The molecule has 1 atom stereocenters. The fraction of sp³-hybridized carbons (Fsp3) is 0.857. The van der Waals surface area contributed by atoms with Crippen LogP contribution in [0.25, 0.3) is 0 Å². The molecular formula is C7H12FNO. The molecule has 1 rings (SSSR count). The van der Waals surface area contributed by atoms with Crippen molar-refractivity contribution >= 4 is 5.91 Å². The number of halogens is 1. The molecule has 1 amide bonds. The third-order valence-electron chi connectivity index (χ3n) is 1.81. The van der Waals surface area contributed by atoms with Crippen molar-refractivity contribution in [2.24, 2.45) is 0 Å². The fourth-order valence-electron chi connectivity index (χ4n) is 1.21. The summed E-state index contributed by atoms with van der Waals surface area (Å²) in [6.07, 6.45) is 0.627. The molecule has 0 aromatic carbocycles. The Hall–Kier alpha value is -0.600. The van der Waals surface area contributed by atoms with Gasteiger partial charge in [-0.3, -0.25) is 4.79 Å². The summed E-state index contributed by atoms with van der Waals surface area (Å²) in [6, 6.07) is 0. The van der Waals surface area contributed by atoms with Gasteiger partial charge in [-0.15, -0.1) is 0 Å². The molecule has 0 aromatic rings. The van der Waals surface area contributed by atoms with Gasteiger partial charge in [0.05, 0.1) is 6.54 Å². The van der Waals surface area contributed by atoms with Crippen molar-refractivity contribution in [2.75, 3.05) is 13.1 Å². The van der Waals surface area contributed by atoms with Crippen LogP contribution in [0.4, 0.5) is 4.39 Å². The van der Waals surface area contributed by atoms with Gasteiger partial charge in [-0.2, -0.15) is 0 Å². The lowest BCUT2D eigenvalue weighted by Crippen LogP contribution is -2.39. The smallest absolute Gasteiger partial charge is 0.219 e. The molecule has 1 heterocycles. The van der Waals surface area contributed by atoms with Gasteiger partial charge >= 0.3 is 0 Å². The molecule has 0 N–H and O–H groups in total. The number of likely N-dealkylation sites (tertiary alicyclic amines) is 1. The van der Waals surface area contributed by atoms with Gasteiger partial charge < -0.3 is 4.90 Å². The van der Waals surface area contributed by atoms with E-state index in [4.69, 9.17) is 0 Å². The number of amides is 1. The summed E-state index contributed by atoms with van der Waals surface area (Å²) in [6.45, 7) is 2.52. The molecular weight excluding hydrogens is 133 g/mol. The lowest BCUT2D eigenvalue weighted by molar-refractivity contribution is -0.130. The van der Waals surface area contributed by atoms with E-state index in [1.165, 1.54) is 6.92 Å². The zero-order valence-corrected chi connectivity index (χ0v) is 6.14. The number of hydrogen-bond acceptors (Lipinski definition) is 1. The monoisotopic (exact) mass is 145 g/mol. The minimum atomic E-state index is -0.794. The van der Waals surface area contributed by atoms with Gasteiger partial charge in [0.2, 0.25) is 5.91 Å². The van der Waals surface area contributed by atoms with Crippen LogP contribution in [0, 0.1) is 0 Å². The number of carbonyl (C=O) groups is 1. The van der Waals surface area contributed by atoms with Gasteiger partial charge in [-0.05, 0) is 12.8 Å². The number of piperidine rings is 1. The first-order valence-electron chi connectivity index (χ1n) is 3.59. The van der Waals surface area contributed by atoms with Crippen LogP contribution < -0.4 is 0 Å².